The second-order valence-electron chi connectivity index (χ2n) is 8.62. The molecule has 0 saturated heterocycles. The van der Waals surface area contributed by atoms with Gasteiger partial charge in [0.1, 0.15) is 0 Å². The molecule has 0 N–H and O–H groups in total. The zero-order chi connectivity index (χ0) is 37.7. The molecule has 0 bridgehead atoms. The fourth-order valence-corrected chi connectivity index (χ4v) is 1.33. The average Bonchev–Trinajstić information content (AvgIpc) is 3.03. The van der Waals surface area contributed by atoms with Gasteiger partial charge in [-0.25, -0.2) is 0 Å². The van der Waals surface area contributed by atoms with Gasteiger partial charge in [0.05, 0.1) is 0 Å². The fraction of sp³-hybridized carbons (Fsp3) is 0.864. The van der Waals surface area contributed by atoms with Gasteiger partial charge in [0.15, 0.2) is 0 Å². The molecule has 0 saturated carbocycles. The molecular weight excluding hydrogens is 561 g/mol. The summed E-state index contributed by atoms with van der Waals surface area (Å²) in [6, 6.07) is 0. The van der Waals surface area contributed by atoms with Gasteiger partial charge in [-0.2, -0.15) is 0 Å². The summed E-state index contributed by atoms with van der Waals surface area (Å²) in [6.07, 6.45) is 13.4. The van der Waals surface area contributed by atoms with E-state index < -0.39 is 0 Å². The average molecular weight is 675 g/mol. The molecule has 0 heterocycles. The van der Waals surface area contributed by atoms with Crippen molar-refractivity contribution in [3.63, 3.8) is 0 Å². The van der Waals surface area contributed by atoms with Crippen LogP contribution >= 0.6 is 0 Å². The third-order valence-corrected chi connectivity index (χ3v) is 2.64. The molecule has 0 aromatic carbocycles. The molecule has 0 nitrogen and oxygen atoms in total. The van der Waals surface area contributed by atoms with E-state index in [2.05, 4.69) is 120 Å². The normalized spacial score (nSPS) is 7.40. The minimum absolute atomic E-state index is 0. The van der Waals surface area contributed by atoms with E-state index in [-0.39, 0.29) is 41.5 Å². The highest BCUT2D eigenvalue weighted by atomic mass is 13.9. The van der Waals surface area contributed by atoms with Crippen molar-refractivity contribution in [1.29, 1.82) is 0 Å². The molecule has 0 aromatic rings. The number of allylic oxidation sites excluding steroid dienone is 6. The predicted molar refractivity (Wildman–Crippen MR) is 251 cm³/mol. The number of hydrogen-bond acceptors (Lipinski definition) is 0. The van der Waals surface area contributed by atoms with Crippen LogP contribution in [-0.4, -0.2) is 25.2 Å². The lowest BCUT2D eigenvalue weighted by Gasteiger charge is -1.95. The summed E-state index contributed by atoms with van der Waals surface area (Å²) in [7, 11) is 0. The fourth-order valence-electron chi connectivity index (χ4n) is 1.33. The van der Waals surface area contributed by atoms with Gasteiger partial charge in [-0.15, -0.1) is 0 Å². The summed E-state index contributed by atoms with van der Waals surface area (Å²) in [5.74, 6) is 4.24. The standard InChI is InChI=1S/3C8H16.9C2H6.2CH4.3B.H2/c3*1-7(2)5-6-8(3)4;9*1-2;;;;;;/h3*5-8H,1-4H3;9*1-2H3;2*1H4;;;;1H/b3*6-5-;;;;;;;;;;;;;;;/i;;;;;;;;;;;;;;;;;1+1. The van der Waals surface area contributed by atoms with Crippen molar-refractivity contribution < 1.29 is 1.43 Å². The minimum atomic E-state index is 0. The first kappa shape index (κ1) is 111. The quantitative estimate of drug-likeness (QED) is 0.194. The van der Waals surface area contributed by atoms with Crippen LogP contribution in [0, 0.1) is 35.5 Å². The van der Waals surface area contributed by atoms with Crippen LogP contribution in [0.3, 0.4) is 0 Å². The van der Waals surface area contributed by atoms with E-state index in [1.807, 2.05) is 125 Å². The molecule has 0 amide bonds. The summed E-state index contributed by atoms with van der Waals surface area (Å²) in [6.45, 7) is 62.3. The second-order valence-corrected chi connectivity index (χ2v) is 8.62. The maximum absolute atomic E-state index is 2.24. The van der Waals surface area contributed by atoms with Gasteiger partial charge in [-0.3, -0.25) is 0 Å². The van der Waals surface area contributed by atoms with Crippen molar-refractivity contribution in [2.24, 2.45) is 35.5 Å². The third kappa shape index (κ3) is 412. The van der Waals surface area contributed by atoms with Crippen molar-refractivity contribution >= 4 is 25.2 Å². The minimum Gasteiger partial charge on any atom is -0.0857 e. The van der Waals surface area contributed by atoms with Crippen molar-refractivity contribution in [1.82, 2.24) is 0 Å². The highest BCUT2D eigenvalue weighted by molar-refractivity contribution is 5.76. The van der Waals surface area contributed by atoms with Gasteiger partial charge in [0.2, 0.25) is 0 Å². The summed E-state index contributed by atoms with van der Waals surface area (Å²) in [5.41, 5.74) is 0. The summed E-state index contributed by atoms with van der Waals surface area (Å²) >= 11 is 0. The van der Waals surface area contributed by atoms with Crippen LogP contribution in [-0.2, 0) is 0 Å². The lowest BCUT2D eigenvalue weighted by molar-refractivity contribution is 0.780. The van der Waals surface area contributed by atoms with Crippen molar-refractivity contribution in [3.05, 3.63) is 36.5 Å². The molecule has 0 aliphatic carbocycles. The smallest absolute Gasteiger partial charge is 0 e. The monoisotopic (exact) mass is 675 g/mol. The molecule has 0 spiro atoms. The van der Waals surface area contributed by atoms with Crippen LogP contribution in [0.5, 0.6) is 0 Å². The van der Waals surface area contributed by atoms with Crippen LogP contribution in [0.2, 0.25) is 0 Å². The topological polar surface area (TPSA) is 0 Å². The Morgan fingerprint density at radius 1 is 0.213 bits per heavy atom. The zero-order valence-electron chi connectivity index (χ0n) is 38.7. The van der Waals surface area contributed by atoms with E-state index in [4.69, 9.17) is 0 Å². The van der Waals surface area contributed by atoms with E-state index in [1.165, 1.54) is 0 Å². The van der Waals surface area contributed by atoms with Crippen LogP contribution in [0.25, 0.3) is 0 Å². The van der Waals surface area contributed by atoms with E-state index in [1.54, 1.807) is 0 Å². The van der Waals surface area contributed by atoms with Crippen LogP contribution in [0.1, 0.15) is 224 Å². The SMILES string of the molecule is C.C.CC.CC.CC.CC.CC.CC.CC.CC.CC.CC(C)/C=C\C(C)C.CC(C)/C=C\C(C)C.CC(C)/C=C\C(C)C.[2HH].[B].[B].[B]. The largest absolute Gasteiger partial charge is 0.0857 e. The number of rotatable bonds is 6. The van der Waals surface area contributed by atoms with Gasteiger partial charge in [-0.1, -0.05) is 259 Å². The molecule has 3 heteroatoms. The van der Waals surface area contributed by atoms with Gasteiger partial charge in [0, 0.05) is 26.7 Å². The second kappa shape index (κ2) is 163. The first-order valence-electron chi connectivity index (χ1n) is 18.9. The third-order valence-electron chi connectivity index (χ3n) is 2.64. The molecule has 0 aliphatic rings. The molecule has 297 valence electrons. The lowest BCUT2D eigenvalue weighted by Crippen LogP contribution is -1.81. The Morgan fingerprint density at radius 2 is 0.255 bits per heavy atom. The van der Waals surface area contributed by atoms with Crippen LogP contribution in [0.4, 0.5) is 0 Å². The summed E-state index contributed by atoms with van der Waals surface area (Å²) in [4.78, 5) is 0. The number of hydrogen-bond donors (Lipinski definition) is 0. The molecule has 0 atom stereocenters. The van der Waals surface area contributed by atoms with Gasteiger partial charge >= 0.3 is 0 Å². The highest BCUT2D eigenvalue weighted by Crippen LogP contribution is 2.00. The van der Waals surface area contributed by atoms with Crippen LogP contribution in [0.15, 0.2) is 36.5 Å². The summed E-state index contributed by atoms with van der Waals surface area (Å²) < 4.78 is 0. The van der Waals surface area contributed by atoms with Gasteiger partial charge in [-0.05, 0) is 35.5 Å². The Labute approximate surface area is 320 Å². The van der Waals surface area contributed by atoms with Crippen LogP contribution < -0.4 is 0 Å². The van der Waals surface area contributed by atoms with Crippen molar-refractivity contribution in [2.75, 3.05) is 0 Å². The lowest BCUT2D eigenvalue weighted by atomic mass is 10.1. The Morgan fingerprint density at radius 3 is 0.277 bits per heavy atom. The Hall–Kier alpha value is -0.585. The molecular formula is C44H112B3. The molecule has 0 aromatic heterocycles. The van der Waals surface area contributed by atoms with E-state index in [0.717, 1.165) is 0 Å². The van der Waals surface area contributed by atoms with Crippen molar-refractivity contribution in [2.45, 2.75) is 223 Å². The zero-order valence-corrected chi connectivity index (χ0v) is 38.7. The maximum atomic E-state index is 2.24. The van der Waals surface area contributed by atoms with E-state index >= 15 is 0 Å². The molecule has 0 rings (SSSR count). The Bertz CT molecular complexity index is 250. The molecule has 0 unspecified atom stereocenters. The van der Waals surface area contributed by atoms with E-state index in [0.29, 0.717) is 35.5 Å². The summed E-state index contributed by atoms with van der Waals surface area (Å²) in [5, 5.41) is 0. The Balaban J connectivity index is -0.0000000135. The highest BCUT2D eigenvalue weighted by Gasteiger charge is 1.86. The van der Waals surface area contributed by atoms with E-state index in [9.17, 15) is 0 Å². The molecule has 0 fully saturated rings. The molecule has 47 heavy (non-hydrogen) atoms. The van der Waals surface area contributed by atoms with Gasteiger partial charge < -0.3 is 0 Å². The molecule has 0 aliphatic heterocycles. The molecule has 9 radical (unpaired) electrons. The first-order chi connectivity index (χ1) is 19.9. The maximum Gasteiger partial charge on any atom is 0 e. The van der Waals surface area contributed by atoms with Gasteiger partial charge in [0.25, 0.3) is 0 Å². The predicted octanol–water partition coefficient (Wildman–Crippen LogP) is 18.2. The first-order valence-corrected chi connectivity index (χ1v) is 18.9. The van der Waals surface area contributed by atoms with Crippen molar-refractivity contribution in [3.8, 4) is 0 Å². The Kier molecular flexibility index (Phi) is 385.